The summed E-state index contributed by atoms with van der Waals surface area (Å²) in [6.45, 7) is 6.44. The molecule has 0 aliphatic carbocycles. The molecule has 2 rings (SSSR count). The quantitative estimate of drug-likeness (QED) is 0.660. The van der Waals surface area contributed by atoms with Gasteiger partial charge in [-0.05, 0) is 30.5 Å². The van der Waals surface area contributed by atoms with Gasteiger partial charge in [0.1, 0.15) is 0 Å². The van der Waals surface area contributed by atoms with Gasteiger partial charge < -0.3 is 0 Å². The molecule has 0 aliphatic rings. The summed E-state index contributed by atoms with van der Waals surface area (Å²) in [5, 5.41) is 1.22. The molecule has 1 heteroatoms. The van der Waals surface area contributed by atoms with Crippen molar-refractivity contribution in [1.82, 2.24) is 4.98 Å². The molecule has 0 spiro atoms. The molecule has 0 atom stereocenters. The molecule has 0 unspecified atom stereocenters. The van der Waals surface area contributed by atoms with Crippen LogP contribution in [0.1, 0.15) is 31.0 Å². The predicted octanol–water partition coefficient (Wildman–Crippen LogP) is 3.67. The van der Waals surface area contributed by atoms with E-state index in [0.717, 1.165) is 11.2 Å². The molecule has 0 amide bonds. The summed E-state index contributed by atoms with van der Waals surface area (Å²) in [5.74, 6) is 0.571. The maximum Gasteiger partial charge on any atom is 0.0707 e. The van der Waals surface area contributed by atoms with Crippen LogP contribution in [0.3, 0.4) is 0 Å². The largest absolute Gasteiger partial charge is 0.253 e. The van der Waals surface area contributed by atoms with Crippen molar-refractivity contribution in [1.29, 1.82) is 0 Å². The first-order valence-electron chi connectivity index (χ1n) is 5.04. The topological polar surface area (TPSA) is 12.9 Å². The molecule has 0 aliphatic heterocycles. The van der Waals surface area contributed by atoms with Crippen LogP contribution in [0.25, 0.3) is 10.9 Å². The lowest BCUT2D eigenvalue weighted by molar-refractivity contribution is 0.868. The second-order valence-electron chi connectivity index (χ2n) is 4.06. The van der Waals surface area contributed by atoms with E-state index in [9.17, 15) is 0 Å². The lowest BCUT2D eigenvalue weighted by atomic mass is 10.0. The van der Waals surface area contributed by atoms with E-state index in [1.165, 1.54) is 10.9 Å². The highest BCUT2D eigenvalue weighted by Crippen LogP contribution is 2.20. The molecule has 14 heavy (non-hydrogen) atoms. The summed E-state index contributed by atoms with van der Waals surface area (Å²) >= 11 is 0. The number of pyridine rings is 1. The summed E-state index contributed by atoms with van der Waals surface area (Å²) in [4.78, 5) is 4.52. The fraction of sp³-hybridized carbons (Fsp3) is 0.308. The molecule has 0 saturated carbocycles. The van der Waals surface area contributed by atoms with Crippen LogP contribution in [0.15, 0.2) is 30.3 Å². The van der Waals surface area contributed by atoms with Gasteiger partial charge in [-0.3, -0.25) is 4.98 Å². The molecule has 1 aromatic carbocycles. The molecule has 0 bridgehead atoms. The van der Waals surface area contributed by atoms with Gasteiger partial charge in [0, 0.05) is 11.1 Å². The highest BCUT2D eigenvalue weighted by atomic mass is 14.7. The number of fused-ring (bicyclic) bond motifs is 1. The van der Waals surface area contributed by atoms with Crippen molar-refractivity contribution in [3.05, 3.63) is 41.6 Å². The monoisotopic (exact) mass is 185 g/mol. The van der Waals surface area contributed by atoms with Crippen LogP contribution in [0.5, 0.6) is 0 Å². The SMILES string of the molecule is Cc1ccc2ccc(C(C)C)cc2n1. The van der Waals surface area contributed by atoms with Crippen LogP contribution in [0, 0.1) is 6.92 Å². The minimum absolute atomic E-state index is 0.571. The molecular weight excluding hydrogens is 170 g/mol. The summed E-state index contributed by atoms with van der Waals surface area (Å²) in [7, 11) is 0. The number of aromatic nitrogens is 1. The fourth-order valence-electron chi connectivity index (χ4n) is 1.60. The number of aryl methyl sites for hydroxylation is 1. The van der Waals surface area contributed by atoms with Gasteiger partial charge in [0.25, 0.3) is 0 Å². The number of rotatable bonds is 1. The zero-order valence-electron chi connectivity index (χ0n) is 8.91. The van der Waals surface area contributed by atoms with E-state index in [0.29, 0.717) is 5.92 Å². The normalized spacial score (nSPS) is 11.1. The van der Waals surface area contributed by atoms with E-state index >= 15 is 0 Å². The standard InChI is InChI=1S/C13H15N/c1-9(2)12-7-6-11-5-4-10(3)14-13(11)8-12/h4-9H,1-3H3. The van der Waals surface area contributed by atoms with E-state index in [2.05, 4.69) is 49.2 Å². The van der Waals surface area contributed by atoms with E-state index in [1.54, 1.807) is 0 Å². The van der Waals surface area contributed by atoms with Gasteiger partial charge in [0.15, 0.2) is 0 Å². The summed E-state index contributed by atoms with van der Waals surface area (Å²) < 4.78 is 0. The maximum atomic E-state index is 4.52. The van der Waals surface area contributed by atoms with Gasteiger partial charge in [-0.2, -0.15) is 0 Å². The molecule has 0 radical (unpaired) electrons. The lowest BCUT2D eigenvalue weighted by Gasteiger charge is -2.06. The van der Waals surface area contributed by atoms with E-state index in [1.807, 2.05) is 6.92 Å². The fourth-order valence-corrected chi connectivity index (χ4v) is 1.60. The highest BCUT2D eigenvalue weighted by molar-refractivity contribution is 5.79. The smallest absolute Gasteiger partial charge is 0.0707 e. The molecule has 0 fully saturated rings. The molecule has 0 N–H and O–H groups in total. The second-order valence-corrected chi connectivity index (χ2v) is 4.06. The highest BCUT2D eigenvalue weighted by Gasteiger charge is 2.01. The first-order chi connectivity index (χ1) is 6.66. The Morgan fingerprint density at radius 1 is 1.07 bits per heavy atom. The molecule has 1 heterocycles. The molecule has 1 nitrogen and oxygen atoms in total. The van der Waals surface area contributed by atoms with Crippen molar-refractivity contribution in [2.24, 2.45) is 0 Å². The predicted molar refractivity (Wildman–Crippen MR) is 60.6 cm³/mol. The first kappa shape index (κ1) is 9.20. The van der Waals surface area contributed by atoms with Gasteiger partial charge in [0.2, 0.25) is 0 Å². The number of hydrogen-bond donors (Lipinski definition) is 0. The Labute approximate surface area is 84.8 Å². The molecule has 2 aromatic rings. The average Bonchev–Trinajstić information content (AvgIpc) is 2.16. The van der Waals surface area contributed by atoms with E-state index in [4.69, 9.17) is 0 Å². The Morgan fingerprint density at radius 3 is 2.50 bits per heavy atom. The van der Waals surface area contributed by atoms with Crippen molar-refractivity contribution in [3.63, 3.8) is 0 Å². The van der Waals surface area contributed by atoms with Crippen LogP contribution in [-0.4, -0.2) is 4.98 Å². The van der Waals surface area contributed by atoms with Crippen molar-refractivity contribution >= 4 is 10.9 Å². The van der Waals surface area contributed by atoms with Crippen molar-refractivity contribution in [2.45, 2.75) is 26.7 Å². The minimum atomic E-state index is 0.571. The third-order valence-electron chi connectivity index (χ3n) is 2.52. The first-order valence-corrected chi connectivity index (χ1v) is 5.04. The van der Waals surface area contributed by atoms with Gasteiger partial charge in [-0.25, -0.2) is 0 Å². The Hall–Kier alpha value is -1.37. The van der Waals surface area contributed by atoms with Crippen LogP contribution < -0.4 is 0 Å². The van der Waals surface area contributed by atoms with Crippen LogP contribution in [0.4, 0.5) is 0 Å². The summed E-state index contributed by atoms with van der Waals surface area (Å²) in [6, 6.07) is 10.7. The van der Waals surface area contributed by atoms with Gasteiger partial charge in [-0.15, -0.1) is 0 Å². The Morgan fingerprint density at radius 2 is 1.79 bits per heavy atom. The van der Waals surface area contributed by atoms with Crippen LogP contribution in [0.2, 0.25) is 0 Å². The lowest BCUT2D eigenvalue weighted by Crippen LogP contribution is -1.89. The third-order valence-corrected chi connectivity index (χ3v) is 2.52. The summed E-state index contributed by atoms with van der Waals surface area (Å²) in [6.07, 6.45) is 0. The van der Waals surface area contributed by atoms with Crippen molar-refractivity contribution < 1.29 is 0 Å². The number of benzene rings is 1. The van der Waals surface area contributed by atoms with Crippen molar-refractivity contribution in [3.8, 4) is 0 Å². The molecular formula is C13H15N. The summed E-state index contributed by atoms with van der Waals surface area (Å²) in [5.41, 5.74) is 3.55. The Balaban J connectivity index is 2.63. The van der Waals surface area contributed by atoms with Gasteiger partial charge >= 0.3 is 0 Å². The zero-order valence-corrected chi connectivity index (χ0v) is 8.91. The average molecular weight is 185 g/mol. The third kappa shape index (κ3) is 1.63. The van der Waals surface area contributed by atoms with Crippen LogP contribution in [-0.2, 0) is 0 Å². The van der Waals surface area contributed by atoms with Crippen LogP contribution >= 0.6 is 0 Å². The number of nitrogens with zero attached hydrogens (tertiary/aromatic N) is 1. The molecule has 0 saturated heterocycles. The van der Waals surface area contributed by atoms with E-state index < -0.39 is 0 Å². The second kappa shape index (κ2) is 3.41. The Bertz CT molecular complexity index is 458. The van der Waals surface area contributed by atoms with Crippen molar-refractivity contribution in [2.75, 3.05) is 0 Å². The molecule has 72 valence electrons. The minimum Gasteiger partial charge on any atom is -0.253 e. The molecule has 1 aromatic heterocycles. The van der Waals surface area contributed by atoms with Gasteiger partial charge in [0.05, 0.1) is 5.52 Å². The Kier molecular flexibility index (Phi) is 2.24. The van der Waals surface area contributed by atoms with Gasteiger partial charge in [-0.1, -0.05) is 32.0 Å². The van der Waals surface area contributed by atoms with E-state index in [-0.39, 0.29) is 0 Å². The number of hydrogen-bond acceptors (Lipinski definition) is 1. The maximum absolute atomic E-state index is 4.52. The zero-order chi connectivity index (χ0) is 10.1.